The van der Waals surface area contributed by atoms with Gasteiger partial charge in [0, 0.05) is 10.6 Å². The molecule has 0 aliphatic heterocycles. The van der Waals surface area contributed by atoms with Crippen LogP contribution >= 0.6 is 11.8 Å². The number of carbonyl (C=O) groups is 1. The molecule has 0 spiro atoms. The molecule has 2 aromatic carbocycles. The van der Waals surface area contributed by atoms with Crippen LogP contribution in [0.2, 0.25) is 0 Å². The summed E-state index contributed by atoms with van der Waals surface area (Å²) in [7, 11) is 0. The summed E-state index contributed by atoms with van der Waals surface area (Å²) < 4.78 is 5.51. The number of anilines is 1. The predicted octanol–water partition coefficient (Wildman–Crippen LogP) is 3.91. The molecule has 1 N–H and O–H groups in total. The SMILES string of the molecule is CSc1ccc(OCC(=O)Nc2ccc3c(c2)CCC3)cc1. The molecule has 0 fully saturated rings. The average molecular weight is 313 g/mol. The lowest BCUT2D eigenvalue weighted by atomic mass is 10.1. The Labute approximate surface area is 135 Å². The molecule has 0 heterocycles. The van der Waals surface area contributed by atoms with Crippen molar-refractivity contribution < 1.29 is 9.53 Å². The number of nitrogens with one attached hydrogen (secondary N) is 1. The first-order valence-corrected chi connectivity index (χ1v) is 8.65. The Morgan fingerprint density at radius 2 is 1.91 bits per heavy atom. The van der Waals surface area contributed by atoms with E-state index in [-0.39, 0.29) is 12.5 Å². The molecule has 114 valence electrons. The number of fused-ring (bicyclic) bond motifs is 1. The van der Waals surface area contributed by atoms with E-state index in [1.807, 2.05) is 36.6 Å². The number of rotatable bonds is 5. The highest BCUT2D eigenvalue weighted by Crippen LogP contribution is 2.25. The molecule has 1 aliphatic rings. The van der Waals surface area contributed by atoms with Crippen LogP contribution in [-0.2, 0) is 17.6 Å². The van der Waals surface area contributed by atoms with E-state index in [0.717, 1.165) is 18.5 Å². The molecule has 1 amide bonds. The molecule has 0 saturated heterocycles. The second kappa shape index (κ2) is 6.88. The molecule has 0 saturated carbocycles. The molecule has 0 aromatic heterocycles. The highest BCUT2D eigenvalue weighted by molar-refractivity contribution is 7.98. The van der Waals surface area contributed by atoms with Gasteiger partial charge in [0.15, 0.2) is 6.61 Å². The number of amides is 1. The Hall–Kier alpha value is -1.94. The molecular formula is C18H19NO2S. The van der Waals surface area contributed by atoms with Crippen LogP contribution in [0.1, 0.15) is 17.5 Å². The highest BCUT2D eigenvalue weighted by atomic mass is 32.2. The van der Waals surface area contributed by atoms with Crippen LogP contribution in [-0.4, -0.2) is 18.8 Å². The van der Waals surface area contributed by atoms with Gasteiger partial charge < -0.3 is 10.1 Å². The molecule has 2 aromatic rings. The van der Waals surface area contributed by atoms with E-state index in [9.17, 15) is 4.79 Å². The first kappa shape index (κ1) is 15.0. The summed E-state index contributed by atoms with van der Waals surface area (Å²) in [5, 5.41) is 2.90. The van der Waals surface area contributed by atoms with E-state index < -0.39 is 0 Å². The summed E-state index contributed by atoms with van der Waals surface area (Å²) >= 11 is 1.68. The Morgan fingerprint density at radius 1 is 1.14 bits per heavy atom. The van der Waals surface area contributed by atoms with Gasteiger partial charge >= 0.3 is 0 Å². The second-order valence-corrected chi connectivity index (χ2v) is 6.23. The van der Waals surface area contributed by atoms with Crippen molar-refractivity contribution in [2.45, 2.75) is 24.2 Å². The fourth-order valence-corrected chi connectivity index (χ4v) is 3.08. The topological polar surface area (TPSA) is 38.3 Å². The number of thioether (sulfide) groups is 1. The smallest absolute Gasteiger partial charge is 0.262 e. The zero-order valence-corrected chi connectivity index (χ0v) is 13.4. The summed E-state index contributed by atoms with van der Waals surface area (Å²) in [6.45, 7) is 0.0235. The molecule has 3 nitrogen and oxygen atoms in total. The van der Waals surface area contributed by atoms with E-state index in [1.54, 1.807) is 11.8 Å². The minimum Gasteiger partial charge on any atom is -0.484 e. The average Bonchev–Trinajstić information content (AvgIpc) is 3.01. The maximum Gasteiger partial charge on any atom is 0.262 e. The number of aryl methyl sites for hydroxylation is 2. The van der Waals surface area contributed by atoms with Crippen LogP contribution in [0.3, 0.4) is 0 Å². The molecule has 3 rings (SSSR count). The number of benzene rings is 2. The summed E-state index contributed by atoms with van der Waals surface area (Å²) in [6.07, 6.45) is 5.50. The van der Waals surface area contributed by atoms with E-state index in [4.69, 9.17) is 4.74 Å². The van der Waals surface area contributed by atoms with Crippen molar-refractivity contribution in [1.29, 1.82) is 0 Å². The lowest BCUT2D eigenvalue weighted by molar-refractivity contribution is -0.118. The Morgan fingerprint density at radius 3 is 2.68 bits per heavy atom. The summed E-state index contributed by atoms with van der Waals surface area (Å²) in [4.78, 5) is 13.1. The summed E-state index contributed by atoms with van der Waals surface area (Å²) in [5.74, 6) is 0.578. The van der Waals surface area contributed by atoms with Crippen LogP contribution in [0.15, 0.2) is 47.4 Å². The fourth-order valence-electron chi connectivity index (χ4n) is 2.67. The first-order chi connectivity index (χ1) is 10.7. The van der Waals surface area contributed by atoms with Gasteiger partial charge in [0.25, 0.3) is 5.91 Å². The molecular weight excluding hydrogens is 294 g/mol. The monoisotopic (exact) mass is 313 g/mol. The summed E-state index contributed by atoms with van der Waals surface area (Å²) in [5.41, 5.74) is 3.61. The maximum atomic E-state index is 12.0. The van der Waals surface area contributed by atoms with Gasteiger partial charge in [0.1, 0.15) is 5.75 Å². The van der Waals surface area contributed by atoms with Crippen molar-refractivity contribution in [1.82, 2.24) is 0 Å². The van der Waals surface area contributed by atoms with Crippen LogP contribution in [0.25, 0.3) is 0 Å². The minimum atomic E-state index is -0.133. The summed E-state index contributed by atoms with van der Waals surface area (Å²) in [6, 6.07) is 13.9. The molecule has 0 unspecified atom stereocenters. The fraction of sp³-hybridized carbons (Fsp3) is 0.278. The van der Waals surface area contributed by atoms with Crippen molar-refractivity contribution in [2.24, 2.45) is 0 Å². The van der Waals surface area contributed by atoms with Crippen molar-refractivity contribution >= 4 is 23.4 Å². The molecule has 22 heavy (non-hydrogen) atoms. The number of carbonyl (C=O) groups excluding carboxylic acids is 1. The quantitative estimate of drug-likeness (QED) is 0.850. The van der Waals surface area contributed by atoms with Gasteiger partial charge in [-0.3, -0.25) is 4.79 Å². The zero-order chi connectivity index (χ0) is 15.4. The van der Waals surface area contributed by atoms with Crippen molar-refractivity contribution in [2.75, 3.05) is 18.2 Å². The third kappa shape index (κ3) is 3.63. The lowest BCUT2D eigenvalue weighted by Gasteiger charge is -2.09. The van der Waals surface area contributed by atoms with Gasteiger partial charge in [-0.2, -0.15) is 0 Å². The maximum absolute atomic E-state index is 12.0. The van der Waals surface area contributed by atoms with E-state index in [0.29, 0.717) is 5.75 Å². The van der Waals surface area contributed by atoms with Gasteiger partial charge in [-0.25, -0.2) is 0 Å². The van der Waals surface area contributed by atoms with Crippen molar-refractivity contribution in [3.05, 3.63) is 53.6 Å². The highest BCUT2D eigenvalue weighted by Gasteiger charge is 2.12. The molecule has 4 heteroatoms. The van der Waals surface area contributed by atoms with Gasteiger partial charge in [-0.05, 0) is 73.0 Å². The Kier molecular flexibility index (Phi) is 4.68. The first-order valence-electron chi connectivity index (χ1n) is 7.43. The normalized spacial score (nSPS) is 12.8. The van der Waals surface area contributed by atoms with Crippen LogP contribution in [0.4, 0.5) is 5.69 Å². The van der Waals surface area contributed by atoms with Gasteiger partial charge in [0.05, 0.1) is 0 Å². The van der Waals surface area contributed by atoms with Gasteiger partial charge in [0.2, 0.25) is 0 Å². The Bertz CT molecular complexity index is 667. The molecule has 1 aliphatic carbocycles. The third-order valence-corrected chi connectivity index (χ3v) is 4.56. The Balaban J connectivity index is 1.53. The standard InChI is InChI=1S/C18H19NO2S/c1-22-17-9-7-16(8-10-17)21-12-18(20)19-15-6-5-13-3-2-4-14(13)11-15/h5-11H,2-4,12H2,1H3,(H,19,20). The third-order valence-electron chi connectivity index (χ3n) is 3.81. The van der Waals surface area contributed by atoms with Gasteiger partial charge in [-0.15, -0.1) is 11.8 Å². The molecule has 0 atom stereocenters. The number of ether oxygens (including phenoxy) is 1. The van der Waals surface area contributed by atoms with Gasteiger partial charge in [-0.1, -0.05) is 6.07 Å². The largest absolute Gasteiger partial charge is 0.484 e. The number of hydrogen-bond acceptors (Lipinski definition) is 3. The molecule has 0 bridgehead atoms. The zero-order valence-electron chi connectivity index (χ0n) is 12.6. The van der Waals surface area contributed by atoms with Crippen LogP contribution < -0.4 is 10.1 Å². The molecule has 0 radical (unpaired) electrons. The number of hydrogen-bond donors (Lipinski definition) is 1. The van der Waals surface area contributed by atoms with Crippen LogP contribution in [0.5, 0.6) is 5.75 Å². The van der Waals surface area contributed by atoms with E-state index >= 15 is 0 Å². The second-order valence-electron chi connectivity index (χ2n) is 5.35. The van der Waals surface area contributed by atoms with Crippen LogP contribution in [0, 0.1) is 0 Å². The van der Waals surface area contributed by atoms with E-state index in [2.05, 4.69) is 17.4 Å². The van der Waals surface area contributed by atoms with E-state index in [1.165, 1.54) is 22.4 Å². The van der Waals surface area contributed by atoms with Crippen molar-refractivity contribution in [3.63, 3.8) is 0 Å². The predicted molar refractivity (Wildman–Crippen MR) is 90.8 cm³/mol. The minimum absolute atomic E-state index is 0.0235. The van der Waals surface area contributed by atoms with Crippen molar-refractivity contribution in [3.8, 4) is 5.75 Å². The lowest BCUT2D eigenvalue weighted by Crippen LogP contribution is -2.20.